The van der Waals surface area contributed by atoms with Crippen LogP contribution in [0.1, 0.15) is 68.5 Å². The highest BCUT2D eigenvalue weighted by molar-refractivity contribution is 5.83. The maximum Gasteiger partial charge on any atom is 0.509 e. The molecule has 1 aliphatic heterocycles. The van der Waals surface area contributed by atoms with Gasteiger partial charge in [-0.15, -0.1) is 0 Å². The lowest BCUT2D eigenvalue weighted by atomic mass is 10.1. The highest BCUT2D eigenvalue weighted by Gasteiger charge is 2.63. The highest BCUT2D eigenvalue weighted by atomic mass is 19.3. The van der Waals surface area contributed by atoms with Gasteiger partial charge in [-0.25, -0.2) is 19.2 Å². The standard InChI is InChI=1S/C24H35F2N3O10/c1-21(2,3)37-18(31)28-14-10-11-29(17(30)27-14)16-24(25,26)15(36-20(33)39-23(7,8)9)13(35-16)12-34-19(32)38-22(4,5)6/h10-11,13,15-16H,12H2,1-9H3,(H,27,28,30,31)/t13-,15-,16-/m1/s1. The van der Waals surface area contributed by atoms with Gasteiger partial charge in [0.2, 0.25) is 12.3 Å². The molecule has 1 aromatic rings. The molecular weight excluding hydrogens is 528 g/mol. The summed E-state index contributed by atoms with van der Waals surface area (Å²) in [5.41, 5.74) is -4.05. The van der Waals surface area contributed by atoms with E-state index >= 15 is 8.78 Å². The molecule has 2 rings (SSSR count). The van der Waals surface area contributed by atoms with Crippen molar-refractivity contribution in [3.8, 4) is 0 Å². The Hall–Kier alpha value is -3.49. The van der Waals surface area contributed by atoms with Crippen LogP contribution in [-0.2, 0) is 28.4 Å². The molecule has 1 aliphatic rings. The molecule has 2 heterocycles. The molecule has 0 unspecified atom stereocenters. The average Bonchev–Trinajstić information content (AvgIpc) is 2.92. The largest absolute Gasteiger partial charge is 0.509 e. The molecule has 39 heavy (non-hydrogen) atoms. The van der Waals surface area contributed by atoms with Crippen LogP contribution in [0.5, 0.6) is 0 Å². The number of nitrogens with zero attached hydrogens (tertiary/aromatic N) is 2. The number of anilines is 1. The Labute approximate surface area is 224 Å². The molecule has 0 aromatic carbocycles. The summed E-state index contributed by atoms with van der Waals surface area (Å²) in [5, 5.41) is 2.22. The van der Waals surface area contributed by atoms with Crippen molar-refractivity contribution in [2.24, 2.45) is 0 Å². The minimum atomic E-state index is -4.02. The van der Waals surface area contributed by atoms with Gasteiger partial charge in [0.25, 0.3) is 0 Å². The normalized spacial score (nSPS) is 21.1. The zero-order valence-electron chi connectivity index (χ0n) is 23.3. The second-order valence-corrected chi connectivity index (χ2v) is 11.6. The van der Waals surface area contributed by atoms with E-state index in [1.165, 1.54) is 20.8 Å². The van der Waals surface area contributed by atoms with Crippen molar-refractivity contribution in [2.75, 3.05) is 11.9 Å². The number of hydrogen-bond donors (Lipinski definition) is 1. The van der Waals surface area contributed by atoms with Crippen LogP contribution in [0.15, 0.2) is 17.1 Å². The predicted octanol–water partition coefficient (Wildman–Crippen LogP) is 4.40. The maximum absolute atomic E-state index is 15.6. The number of nitrogens with one attached hydrogen (secondary N) is 1. The van der Waals surface area contributed by atoms with E-state index in [0.29, 0.717) is 4.57 Å². The van der Waals surface area contributed by atoms with Gasteiger partial charge < -0.3 is 28.4 Å². The van der Waals surface area contributed by atoms with E-state index < -0.39 is 71.9 Å². The molecule has 13 nitrogen and oxygen atoms in total. The van der Waals surface area contributed by atoms with E-state index in [9.17, 15) is 19.2 Å². The second-order valence-electron chi connectivity index (χ2n) is 11.6. The third kappa shape index (κ3) is 9.64. The summed E-state index contributed by atoms with van der Waals surface area (Å²) in [5.74, 6) is -4.29. The molecule has 0 radical (unpaired) electrons. The van der Waals surface area contributed by atoms with Crippen molar-refractivity contribution in [3.05, 3.63) is 22.7 Å². The van der Waals surface area contributed by atoms with Crippen LogP contribution < -0.4 is 11.0 Å². The molecule has 0 spiro atoms. The Kier molecular flexibility index (Phi) is 9.21. The third-order valence-electron chi connectivity index (χ3n) is 4.43. The lowest BCUT2D eigenvalue weighted by Gasteiger charge is -2.26. The number of rotatable bonds is 5. The molecule has 1 amide bonds. The quantitative estimate of drug-likeness (QED) is 0.401. The zero-order valence-corrected chi connectivity index (χ0v) is 23.3. The molecular formula is C24H35F2N3O10. The van der Waals surface area contributed by atoms with Crippen LogP contribution in [-0.4, -0.2) is 69.5 Å². The van der Waals surface area contributed by atoms with Crippen molar-refractivity contribution in [2.45, 2.75) is 103 Å². The first kappa shape index (κ1) is 31.7. The minimum Gasteiger partial charge on any atom is -0.444 e. The lowest BCUT2D eigenvalue weighted by Crippen LogP contribution is -2.45. The summed E-state index contributed by atoms with van der Waals surface area (Å²) in [7, 11) is 0. The van der Waals surface area contributed by atoms with Crippen LogP contribution >= 0.6 is 0 Å². The molecule has 1 fully saturated rings. The predicted molar refractivity (Wildman–Crippen MR) is 131 cm³/mol. The van der Waals surface area contributed by atoms with E-state index in [1.54, 1.807) is 41.5 Å². The molecule has 220 valence electrons. The first-order valence-corrected chi connectivity index (χ1v) is 12.0. The Morgan fingerprint density at radius 2 is 1.51 bits per heavy atom. The van der Waals surface area contributed by atoms with Gasteiger partial charge in [0.05, 0.1) is 0 Å². The van der Waals surface area contributed by atoms with E-state index in [2.05, 4.69) is 10.3 Å². The summed E-state index contributed by atoms with van der Waals surface area (Å²) in [4.78, 5) is 52.4. The average molecular weight is 564 g/mol. The number of hydrogen-bond acceptors (Lipinski definition) is 11. The first-order chi connectivity index (χ1) is 17.6. The van der Waals surface area contributed by atoms with Crippen LogP contribution in [0, 0.1) is 0 Å². The second kappa shape index (κ2) is 11.3. The van der Waals surface area contributed by atoms with Gasteiger partial charge in [0.1, 0.15) is 35.3 Å². The van der Waals surface area contributed by atoms with Gasteiger partial charge >= 0.3 is 30.0 Å². The molecule has 1 aromatic heterocycles. The fourth-order valence-corrected chi connectivity index (χ4v) is 3.12. The Bertz CT molecular complexity index is 1120. The number of amides is 1. The van der Waals surface area contributed by atoms with Gasteiger partial charge in [0, 0.05) is 6.20 Å². The van der Waals surface area contributed by atoms with E-state index in [4.69, 9.17) is 28.4 Å². The van der Waals surface area contributed by atoms with Crippen molar-refractivity contribution >= 4 is 24.2 Å². The van der Waals surface area contributed by atoms with Crippen LogP contribution in [0.25, 0.3) is 0 Å². The number of alkyl halides is 2. The molecule has 0 saturated carbocycles. The van der Waals surface area contributed by atoms with Gasteiger partial charge in [-0.1, -0.05) is 0 Å². The van der Waals surface area contributed by atoms with Crippen LogP contribution in [0.4, 0.5) is 29.0 Å². The minimum absolute atomic E-state index is 0.266. The summed E-state index contributed by atoms with van der Waals surface area (Å²) in [6.07, 6.45) is -9.00. The molecule has 0 aliphatic carbocycles. The first-order valence-electron chi connectivity index (χ1n) is 12.0. The maximum atomic E-state index is 15.6. The molecule has 1 saturated heterocycles. The van der Waals surface area contributed by atoms with Gasteiger partial charge in [-0.3, -0.25) is 9.88 Å². The van der Waals surface area contributed by atoms with Gasteiger partial charge in [-0.2, -0.15) is 13.8 Å². The van der Waals surface area contributed by atoms with Crippen molar-refractivity contribution < 1.29 is 51.6 Å². The Morgan fingerprint density at radius 1 is 0.974 bits per heavy atom. The lowest BCUT2D eigenvalue weighted by molar-refractivity contribution is -0.149. The van der Waals surface area contributed by atoms with Gasteiger partial charge in [0.15, 0.2) is 0 Å². The number of halogens is 2. The molecule has 1 N–H and O–H groups in total. The molecule has 3 atom stereocenters. The zero-order chi connectivity index (χ0) is 30.0. The van der Waals surface area contributed by atoms with E-state index in [-0.39, 0.29) is 5.82 Å². The molecule has 0 bridgehead atoms. The fraction of sp³-hybridized carbons (Fsp3) is 0.708. The Balaban J connectivity index is 2.31. The number of carbonyl (C=O) groups is 3. The van der Waals surface area contributed by atoms with Gasteiger partial charge in [-0.05, 0) is 68.4 Å². The highest BCUT2D eigenvalue weighted by Crippen LogP contribution is 2.44. The summed E-state index contributed by atoms with van der Waals surface area (Å²) >= 11 is 0. The van der Waals surface area contributed by atoms with Crippen LogP contribution in [0.3, 0.4) is 0 Å². The van der Waals surface area contributed by atoms with Crippen molar-refractivity contribution in [1.29, 1.82) is 0 Å². The van der Waals surface area contributed by atoms with Crippen molar-refractivity contribution in [3.63, 3.8) is 0 Å². The van der Waals surface area contributed by atoms with Crippen molar-refractivity contribution in [1.82, 2.24) is 9.55 Å². The number of ether oxygens (including phenoxy) is 6. The summed E-state index contributed by atoms with van der Waals surface area (Å²) in [6, 6.07) is 1.07. The van der Waals surface area contributed by atoms with E-state index in [0.717, 1.165) is 12.3 Å². The number of aromatic nitrogens is 2. The van der Waals surface area contributed by atoms with Crippen LogP contribution in [0.2, 0.25) is 0 Å². The Morgan fingerprint density at radius 3 is 2.03 bits per heavy atom. The SMILES string of the molecule is CC(C)(C)OC(=O)Nc1ccn([C@@H]2O[C@H](COC(=O)OC(C)(C)C)[C@@H](OC(=O)OC(C)(C)C)C2(F)F)c(=O)n1. The summed E-state index contributed by atoms with van der Waals surface area (Å²) in [6.45, 7) is 13.3. The smallest absolute Gasteiger partial charge is 0.444 e. The molecule has 15 heteroatoms. The monoisotopic (exact) mass is 563 g/mol. The van der Waals surface area contributed by atoms with E-state index in [1.807, 2.05) is 0 Å². The topological polar surface area (TPSA) is 154 Å². The summed E-state index contributed by atoms with van der Waals surface area (Å²) < 4.78 is 61.7. The third-order valence-corrected chi connectivity index (χ3v) is 4.43. The number of carbonyl (C=O) groups excluding carboxylic acids is 3. The fourth-order valence-electron chi connectivity index (χ4n) is 3.12.